The molecule has 1 aliphatic rings. The van der Waals surface area contributed by atoms with Gasteiger partial charge in [-0.25, -0.2) is 0 Å². The lowest BCUT2D eigenvalue weighted by Crippen LogP contribution is -2.29. The van der Waals surface area contributed by atoms with Gasteiger partial charge in [-0.15, -0.1) is 0 Å². The van der Waals surface area contributed by atoms with Crippen LogP contribution in [0.25, 0.3) is 11.0 Å². The number of fused-ring (bicyclic) bond motifs is 2. The molecule has 7 heteroatoms. The predicted octanol–water partition coefficient (Wildman–Crippen LogP) is 5.38. The first-order valence-electron chi connectivity index (χ1n) is 10.5. The highest BCUT2D eigenvalue weighted by Gasteiger charge is 2.43. The number of amides is 1. The van der Waals surface area contributed by atoms with Gasteiger partial charge >= 0.3 is 0 Å². The summed E-state index contributed by atoms with van der Waals surface area (Å²) in [7, 11) is 0. The zero-order chi connectivity index (χ0) is 23.4. The number of carbonyl (C=O) groups excluding carboxylic acids is 1. The maximum absolute atomic E-state index is 13.7. The van der Waals surface area contributed by atoms with Crippen LogP contribution in [0.2, 0.25) is 0 Å². The molecule has 0 saturated carbocycles. The van der Waals surface area contributed by atoms with Crippen LogP contribution in [-0.4, -0.2) is 10.8 Å². The van der Waals surface area contributed by atoms with Crippen molar-refractivity contribution in [3.8, 4) is 0 Å². The van der Waals surface area contributed by atoms with Gasteiger partial charge in [0, 0.05) is 17.8 Å². The molecule has 3 aromatic carbocycles. The minimum Gasteiger partial charge on any atom is -0.450 e. The number of nitro groups is 1. The Labute approximate surface area is 189 Å². The maximum atomic E-state index is 13.7. The molecule has 164 valence electrons. The smallest absolute Gasteiger partial charge is 0.295 e. The summed E-state index contributed by atoms with van der Waals surface area (Å²) in [6.45, 7) is 5.75. The quantitative estimate of drug-likeness (QED) is 0.315. The number of nitro benzene ring substituents is 1. The Morgan fingerprint density at radius 1 is 0.939 bits per heavy atom. The number of anilines is 1. The van der Waals surface area contributed by atoms with E-state index in [0.717, 1.165) is 16.7 Å². The van der Waals surface area contributed by atoms with Gasteiger partial charge in [0.2, 0.25) is 5.76 Å². The number of nitrogens with zero attached hydrogens (tertiary/aromatic N) is 2. The van der Waals surface area contributed by atoms with E-state index in [9.17, 15) is 19.7 Å². The lowest BCUT2D eigenvalue weighted by Gasteiger charge is -2.25. The molecule has 5 rings (SSSR count). The van der Waals surface area contributed by atoms with Gasteiger partial charge in [0.25, 0.3) is 11.6 Å². The van der Waals surface area contributed by atoms with Gasteiger partial charge in [0.1, 0.15) is 5.58 Å². The zero-order valence-corrected chi connectivity index (χ0v) is 18.3. The highest BCUT2D eigenvalue weighted by Crippen LogP contribution is 2.41. The number of hydrogen-bond acceptors (Lipinski definition) is 5. The van der Waals surface area contributed by atoms with Gasteiger partial charge in [-0.2, -0.15) is 0 Å². The van der Waals surface area contributed by atoms with E-state index >= 15 is 0 Å². The van der Waals surface area contributed by atoms with Crippen molar-refractivity contribution in [2.75, 3.05) is 4.90 Å². The lowest BCUT2D eigenvalue weighted by atomic mass is 9.97. The fourth-order valence-corrected chi connectivity index (χ4v) is 4.37. The zero-order valence-electron chi connectivity index (χ0n) is 18.3. The molecular weight excluding hydrogens is 420 g/mol. The van der Waals surface area contributed by atoms with Gasteiger partial charge in [-0.3, -0.25) is 24.6 Å². The molecule has 0 bridgehead atoms. The molecule has 0 fully saturated rings. The third kappa shape index (κ3) is 3.20. The number of non-ortho nitro benzene ring substituents is 1. The molecule has 1 aromatic heterocycles. The first kappa shape index (κ1) is 20.6. The second kappa shape index (κ2) is 7.41. The molecule has 4 aromatic rings. The Bertz CT molecular complexity index is 1520. The molecule has 0 N–H and O–H groups in total. The predicted molar refractivity (Wildman–Crippen MR) is 125 cm³/mol. The largest absolute Gasteiger partial charge is 0.450 e. The monoisotopic (exact) mass is 440 g/mol. The van der Waals surface area contributed by atoms with Crippen molar-refractivity contribution in [2.24, 2.45) is 0 Å². The molecule has 0 radical (unpaired) electrons. The van der Waals surface area contributed by atoms with E-state index in [1.807, 2.05) is 39.0 Å². The summed E-state index contributed by atoms with van der Waals surface area (Å²) >= 11 is 0. The van der Waals surface area contributed by atoms with Crippen LogP contribution < -0.4 is 10.3 Å². The summed E-state index contributed by atoms with van der Waals surface area (Å²) in [5.41, 5.74) is 4.32. The Balaban J connectivity index is 1.80. The number of hydrogen-bond donors (Lipinski definition) is 0. The van der Waals surface area contributed by atoms with Crippen LogP contribution in [0.4, 0.5) is 11.4 Å². The highest BCUT2D eigenvalue weighted by molar-refractivity contribution is 6.10. The first-order chi connectivity index (χ1) is 15.8. The molecule has 7 nitrogen and oxygen atoms in total. The second-order valence-corrected chi connectivity index (χ2v) is 8.37. The summed E-state index contributed by atoms with van der Waals surface area (Å²) < 4.78 is 6.03. The average Bonchev–Trinajstić information content (AvgIpc) is 3.08. The third-order valence-electron chi connectivity index (χ3n) is 6.19. The summed E-state index contributed by atoms with van der Waals surface area (Å²) in [5.74, 6) is -0.420. The van der Waals surface area contributed by atoms with Gasteiger partial charge in [0.15, 0.2) is 5.43 Å². The van der Waals surface area contributed by atoms with Crippen molar-refractivity contribution < 1.29 is 14.1 Å². The molecule has 1 aliphatic heterocycles. The minimum atomic E-state index is -0.766. The van der Waals surface area contributed by atoms with E-state index in [2.05, 4.69) is 0 Å². The Kier molecular flexibility index (Phi) is 4.63. The molecule has 1 amide bonds. The Morgan fingerprint density at radius 3 is 2.30 bits per heavy atom. The summed E-state index contributed by atoms with van der Waals surface area (Å²) in [5, 5.41) is 11.5. The van der Waals surface area contributed by atoms with Crippen LogP contribution in [0.15, 0.2) is 69.9 Å². The molecule has 0 saturated heterocycles. The summed E-state index contributed by atoms with van der Waals surface area (Å²) in [6.07, 6.45) is 0. The van der Waals surface area contributed by atoms with Crippen molar-refractivity contribution >= 4 is 28.3 Å². The topological polar surface area (TPSA) is 93.7 Å². The molecular formula is C26H20N2O5. The van der Waals surface area contributed by atoms with Crippen molar-refractivity contribution in [2.45, 2.75) is 26.8 Å². The van der Waals surface area contributed by atoms with Crippen LogP contribution in [-0.2, 0) is 0 Å². The molecule has 1 atom stereocenters. The SMILES string of the molecule is Cc1cccc(N2C(=O)c3oc4cc(C)c(C)cc4c(=O)c3C2c2ccc([N+](=O)[O-])cc2)c1. The number of carbonyl (C=O) groups is 1. The van der Waals surface area contributed by atoms with E-state index in [-0.39, 0.29) is 22.4 Å². The number of aryl methyl sites for hydroxylation is 3. The Morgan fingerprint density at radius 2 is 1.64 bits per heavy atom. The second-order valence-electron chi connectivity index (χ2n) is 8.37. The fourth-order valence-electron chi connectivity index (χ4n) is 4.37. The lowest BCUT2D eigenvalue weighted by molar-refractivity contribution is -0.384. The van der Waals surface area contributed by atoms with Crippen LogP contribution in [0, 0.1) is 30.9 Å². The van der Waals surface area contributed by atoms with E-state index in [4.69, 9.17) is 4.42 Å². The van der Waals surface area contributed by atoms with Crippen molar-refractivity contribution in [3.63, 3.8) is 0 Å². The van der Waals surface area contributed by atoms with E-state index in [1.54, 1.807) is 30.3 Å². The molecule has 0 spiro atoms. The molecule has 1 unspecified atom stereocenters. The van der Waals surface area contributed by atoms with Gasteiger partial charge in [-0.05, 0) is 79.4 Å². The highest BCUT2D eigenvalue weighted by atomic mass is 16.6. The van der Waals surface area contributed by atoms with Crippen molar-refractivity contribution in [1.82, 2.24) is 0 Å². The van der Waals surface area contributed by atoms with Crippen molar-refractivity contribution in [3.05, 3.63) is 115 Å². The minimum absolute atomic E-state index is 0.000567. The van der Waals surface area contributed by atoms with E-state index < -0.39 is 16.9 Å². The molecule has 0 aliphatic carbocycles. The normalized spacial score (nSPS) is 15.2. The summed E-state index contributed by atoms with van der Waals surface area (Å²) in [6, 6.07) is 16.1. The number of benzene rings is 3. The standard InChI is InChI=1S/C26H20N2O5/c1-14-5-4-6-19(11-14)27-23(17-7-9-18(10-8-17)28(31)32)22-24(29)20-12-15(2)16(3)13-21(20)33-25(22)26(27)30/h4-13,23H,1-3H3. The van der Waals surface area contributed by atoms with Gasteiger partial charge in [-0.1, -0.05) is 12.1 Å². The third-order valence-corrected chi connectivity index (χ3v) is 6.19. The average molecular weight is 440 g/mol. The summed E-state index contributed by atoms with van der Waals surface area (Å²) in [4.78, 5) is 39.5. The van der Waals surface area contributed by atoms with Crippen LogP contribution in [0.5, 0.6) is 0 Å². The van der Waals surface area contributed by atoms with Gasteiger partial charge < -0.3 is 4.42 Å². The first-order valence-corrected chi connectivity index (χ1v) is 10.5. The van der Waals surface area contributed by atoms with Crippen LogP contribution in [0.3, 0.4) is 0 Å². The van der Waals surface area contributed by atoms with E-state index in [0.29, 0.717) is 22.2 Å². The van der Waals surface area contributed by atoms with E-state index in [1.165, 1.54) is 17.0 Å². The Hall–Kier alpha value is -4.26. The van der Waals surface area contributed by atoms with Crippen molar-refractivity contribution in [1.29, 1.82) is 0 Å². The van der Waals surface area contributed by atoms with Crippen LogP contribution in [0.1, 0.15) is 44.4 Å². The van der Waals surface area contributed by atoms with Gasteiger partial charge in [0.05, 0.1) is 21.9 Å². The fraction of sp³-hybridized carbons (Fsp3) is 0.154. The molecule has 33 heavy (non-hydrogen) atoms. The molecule has 2 heterocycles. The van der Waals surface area contributed by atoms with Crippen LogP contribution >= 0.6 is 0 Å². The number of rotatable bonds is 3. The maximum Gasteiger partial charge on any atom is 0.295 e.